The molecular formula is C14H16O4. The Bertz CT molecular complexity index is 503. The fraction of sp³-hybridized carbons (Fsp3) is 0.500. The molecule has 1 aliphatic heterocycles. The predicted molar refractivity (Wildman–Crippen MR) is 65.3 cm³/mol. The Labute approximate surface area is 106 Å². The van der Waals surface area contributed by atoms with Crippen LogP contribution in [0.25, 0.3) is 0 Å². The van der Waals surface area contributed by atoms with Gasteiger partial charge in [-0.05, 0) is 43.0 Å². The summed E-state index contributed by atoms with van der Waals surface area (Å²) in [6, 6.07) is 3.75. The smallest absolute Gasteiger partial charge is 0.314 e. The summed E-state index contributed by atoms with van der Waals surface area (Å²) in [6.45, 7) is 3.02. The summed E-state index contributed by atoms with van der Waals surface area (Å²) < 4.78 is 11.1. The first-order chi connectivity index (χ1) is 8.63. The molecule has 0 unspecified atom stereocenters. The SMILES string of the molecule is Cc1cc2c(cc1C1(C(=O)O)CCC1)OCCO2. The van der Waals surface area contributed by atoms with Crippen LogP contribution in [-0.4, -0.2) is 24.3 Å². The van der Waals surface area contributed by atoms with Crippen LogP contribution in [0.1, 0.15) is 30.4 Å². The van der Waals surface area contributed by atoms with Crippen molar-refractivity contribution in [1.29, 1.82) is 0 Å². The number of hydrogen-bond acceptors (Lipinski definition) is 3. The number of aryl methyl sites for hydroxylation is 1. The molecule has 0 aromatic heterocycles. The van der Waals surface area contributed by atoms with Crippen LogP contribution < -0.4 is 9.47 Å². The van der Waals surface area contributed by atoms with Gasteiger partial charge in [0.2, 0.25) is 0 Å². The molecule has 4 heteroatoms. The Balaban J connectivity index is 2.09. The Kier molecular flexibility index (Phi) is 2.47. The van der Waals surface area contributed by atoms with Gasteiger partial charge in [0.1, 0.15) is 13.2 Å². The molecule has 1 aromatic carbocycles. The Morgan fingerprint density at radius 3 is 2.33 bits per heavy atom. The zero-order chi connectivity index (χ0) is 12.8. The fourth-order valence-corrected chi connectivity index (χ4v) is 2.83. The largest absolute Gasteiger partial charge is 0.486 e. The molecule has 0 radical (unpaired) electrons. The van der Waals surface area contributed by atoms with Crippen molar-refractivity contribution in [2.45, 2.75) is 31.6 Å². The minimum atomic E-state index is -0.728. The second-order valence-electron chi connectivity index (χ2n) is 5.05. The van der Waals surface area contributed by atoms with Gasteiger partial charge in [-0.15, -0.1) is 0 Å². The van der Waals surface area contributed by atoms with E-state index < -0.39 is 11.4 Å². The van der Waals surface area contributed by atoms with Crippen LogP contribution in [0, 0.1) is 6.92 Å². The number of benzene rings is 1. The highest BCUT2D eigenvalue weighted by molar-refractivity contribution is 5.83. The van der Waals surface area contributed by atoms with Crippen LogP contribution in [0.4, 0.5) is 0 Å². The number of hydrogen-bond donors (Lipinski definition) is 1. The van der Waals surface area contributed by atoms with E-state index in [2.05, 4.69) is 0 Å². The number of fused-ring (bicyclic) bond motifs is 1. The van der Waals surface area contributed by atoms with E-state index in [1.54, 1.807) is 0 Å². The number of carboxylic acid groups (broad SMARTS) is 1. The van der Waals surface area contributed by atoms with E-state index in [-0.39, 0.29) is 0 Å². The summed E-state index contributed by atoms with van der Waals surface area (Å²) in [5, 5.41) is 9.49. The fourth-order valence-electron chi connectivity index (χ4n) is 2.83. The number of aliphatic carboxylic acids is 1. The highest BCUT2D eigenvalue weighted by atomic mass is 16.6. The lowest BCUT2D eigenvalue weighted by Gasteiger charge is -2.39. The molecule has 2 aliphatic rings. The third-order valence-electron chi connectivity index (χ3n) is 4.02. The van der Waals surface area contributed by atoms with Gasteiger partial charge in [0.05, 0.1) is 5.41 Å². The Hall–Kier alpha value is -1.71. The standard InChI is InChI=1S/C14H16O4/c1-9-7-11-12(18-6-5-17-11)8-10(9)14(13(15)16)3-2-4-14/h7-8H,2-6H2,1H3,(H,15,16). The summed E-state index contributed by atoms with van der Waals surface area (Å²) in [5.74, 6) is 0.672. The van der Waals surface area contributed by atoms with Gasteiger partial charge < -0.3 is 14.6 Å². The van der Waals surface area contributed by atoms with Crippen molar-refractivity contribution in [2.24, 2.45) is 0 Å². The van der Waals surface area contributed by atoms with Gasteiger partial charge >= 0.3 is 5.97 Å². The van der Waals surface area contributed by atoms with Crippen molar-refractivity contribution in [3.05, 3.63) is 23.3 Å². The minimum Gasteiger partial charge on any atom is -0.486 e. The molecule has 1 aromatic rings. The summed E-state index contributed by atoms with van der Waals surface area (Å²) in [5.41, 5.74) is 1.15. The second kappa shape index (κ2) is 3.90. The summed E-state index contributed by atoms with van der Waals surface area (Å²) >= 11 is 0. The van der Waals surface area contributed by atoms with Gasteiger partial charge in [0.25, 0.3) is 0 Å². The maximum atomic E-state index is 11.6. The Morgan fingerprint density at radius 2 is 1.83 bits per heavy atom. The number of ether oxygens (including phenoxy) is 2. The average molecular weight is 248 g/mol. The molecule has 0 saturated heterocycles. The van der Waals surface area contributed by atoms with Crippen LogP contribution in [0.15, 0.2) is 12.1 Å². The predicted octanol–water partition coefficient (Wildman–Crippen LogP) is 2.27. The minimum absolute atomic E-state index is 0.523. The highest BCUT2D eigenvalue weighted by Gasteiger charge is 2.47. The highest BCUT2D eigenvalue weighted by Crippen LogP contribution is 2.48. The lowest BCUT2D eigenvalue weighted by atomic mass is 9.63. The molecule has 1 heterocycles. The number of rotatable bonds is 2. The van der Waals surface area contributed by atoms with Gasteiger partial charge in [-0.1, -0.05) is 6.42 Å². The lowest BCUT2D eigenvalue weighted by Crippen LogP contribution is -2.43. The molecule has 4 nitrogen and oxygen atoms in total. The third kappa shape index (κ3) is 1.48. The van der Waals surface area contributed by atoms with Gasteiger partial charge in [0, 0.05) is 0 Å². The molecule has 1 saturated carbocycles. The van der Waals surface area contributed by atoms with Gasteiger partial charge in [0.15, 0.2) is 11.5 Å². The first-order valence-electron chi connectivity index (χ1n) is 6.28. The molecule has 0 atom stereocenters. The van der Waals surface area contributed by atoms with Crippen LogP contribution in [0.5, 0.6) is 11.5 Å². The van der Waals surface area contributed by atoms with E-state index in [0.717, 1.165) is 23.3 Å². The average Bonchev–Trinajstić information content (AvgIpc) is 2.27. The van der Waals surface area contributed by atoms with Gasteiger partial charge in [-0.2, -0.15) is 0 Å². The van der Waals surface area contributed by atoms with Crippen molar-refractivity contribution in [3.63, 3.8) is 0 Å². The van der Waals surface area contributed by atoms with Crippen molar-refractivity contribution < 1.29 is 19.4 Å². The van der Waals surface area contributed by atoms with E-state index in [4.69, 9.17) is 9.47 Å². The van der Waals surface area contributed by atoms with E-state index in [1.165, 1.54) is 0 Å². The normalized spacial score (nSPS) is 20.1. The molecule has 0 spiro atoms. The van der Waals surface area contributed by atoms with Crippen LogP contribution in [0.2, 0.25) is 0 Å². The number of carboxylic acids is 1. The molecule has 0 amide bonds. The molecule has 1 aliphatic carbocycles. The van der Waals surface area contributed by atoms with Gasteiger partial charge in [-0.3, -0.25) is 4.79 Å². The van der Waals surface area contributed by atoms with E-state index in [9.17, 15) is 9.90 Å². The molecule has 1 fully saturated rings. The number of carbonyl (C=O) groups is 1. The van der Waals surface area contributed by atoms with E-state index in [1.807, 2.05) is 19.1 Å². The summed E-state index contributed by atoms with van der Waals surface area (Å²) in [7, 11) is 0. The molecule has 96 valence electrons. The maximum Gasteiger partial charge on any atom is 0.314 e. The summed E-state index contributed by atoms with van der Waals surface area (Å²) in [4.78, 5) is 11.6. The van der Waals surface area contributed by atoms with Gasteiger partial charge in [-0.25, -0.2) is 0 Å². The first kappa shape index (κ1) is 11.4. The van der Waals surface area contributed by atoms with Crippen molar-refractivity contribution in [1.82, 2.24) is 0 Å². The molecule has 0 bridgehead atoms. The molecule has 18 heavy (non-hydrogen) atoms. The monoisotopic (exact) mass is 248 g/mol. The van der Waals surface area contributed by atoms with Crippen molar-refractivity contribution in [2.75, 3.05) is 13.2 Å². The van der Waals surface area contributed by atoms with E-state index >= 15 is 0 Å². The quantitative estimate of drug-likeness (QED) is 0.872. The third-order valence-corrected chi connectivity index (χ3v) is 4.02. The Morgan fingerprint density at radius 1 is 1.22 bits per heavy atom. The van der Waals surface area contributed by atoms with Crippen LogP contribution in [0.3, 0.4) is 0 Å². The van der Waals surface area contributed by atoms with Crippen LogP contribution in [-0.2, 0) is 10.2 Å². The first-order valence-corrected chi connectivity index (χ1v) is 6.28. The van der Waals surface area contributed by atoms with Crippen LogP contribution >= 0.6 is 0 Å². The zero-order valence-electron chi connectivity index (χ0n) is 10.4. The van der Waals surface area contributed by atoms with E-state index in [0.29, 0.717) is 31.8 Å². The second-order valence-corrected chi connectivity index (χ2v) is 5.05. The van der Waals surface area contributed by atoms with Crippen molar-refractivity contribution >= 4 is 5.97 Å². The zero-order valence-corrected chi connectivity index (χ0v) is 10.4. The summed E-state index contributed by atoms with van der Waals surface area (Å²) in [6.07, 6.45) is 2.39. The van der Waals surface area contributed by atoms with Crippen molar-refractivity contribution in [3.8, 4) is 11.5 Å². The molecule has 3 rings (SSSR count). The molecular weight excluding hydrogens is 232 g/mol. The lowest BCUT2D eigenvalue weighted by molar-refractivity contribution is -0.147. The maximum absolute atomic E-state index is 11.6. The molecule has 1 N–H and O–H groups in total. The topological polar surface area (TPSA) is 55.8 Å².